The first-order valence-electron chi connectivity index (χ1n) is 3.12. The van der Waals surface area contributed by atoms with E-state index in [-0.39, 0.29) is 5.95 Å². The Morgan fingerprint density at radius 3 is 2.50 bits per heavy atom. The first-order valence-corrected chi connectivity index (χ1v) is 3.12. The lowest BCUT2D eigenvalue weighted by molar-refractivity contribution is 0.408. The van der Waals surface area contributed by atoms with Crippen molar-refractivity contribution >= 4 is 0 Å². The van der Waals surface area contributed by atoms with E-state index in [0.29, 0.717) is 0 Å². The van der Waals surface area contributed by atoms with Crippen molar-refractivity contribution in [3.05, 3.63) is 18.5 Å². The van der Waals surface area contributed by atoms with Gasteiger partial charge in [-0.25, -0.2) is 4.68 Å². The normalized spacial score (nSPS) is 10.0. The largest absolute Gasteiger partial charge is 0.477 e. The molecular formula is C5H4N6O. The Bertz CT molecular complexity index is 354. The zero-order chi connectivity index (χ0) is 8.39. The van der Waals surface area contributed by atoms with E-state index in [1.165, 1.54) is 4.68 Å². The summed E-state index contributed by atoms with van der Waals surface area (Å²) in [6.07, 6.45) is 3.23. The first kappa shape index (κ1) is 6.65. The Labute approximate surface area is 66.7 Å². The van der Waals surface area contributed by atoms with Crippen molar-refractivity contribution < 1.29 is 5.11 Å². The van der Waals surface area contributed by atoms with Crippen LogP contribution in [0.25, 0.3) is 5.95 Å². The highest BCUT2D eigenvalue weighted by molar-refractivity contribution is 5.03. The van der Waals surface area contributed by atoms with Gasteiger partial charge in [-0.05, 0) is 6.07 Å². The maximum atomic E-state index is 8.68. The molecule has 1 N–H and O–H groups in total. The number of hydrogen-bond acceptors (Lipinski definition) is 6. The zero-order valence-corrected chi connectivity index (χ0v) is 5.86. The van der Waals surface area contributed by atoms with E-state index >= 15 is 0 Å². The number of aromatic hydroxyl groups is 1. The van der Waals surface area contributed by atoms with Crippen molar-refractivity contribution in [1.82, 2.24) is 30.2 Å². The molecule has 0 saturated carbocycles. The lowest BCUT2D eigenvalue weighted by Gasteiger charge is -1.94. The van der Waals surface area contributed by atoms with E-state index in [1.54, 1.807) is 18.5 Å². The minimum atomic E-state index is -0.453. The van der Waals surface area contributed by atoms with Crippen molar-refractivity contribution in [1.29, 1.82) is 0 Å². The second-order valence-electron chi connectivity index (χ2n) is 1.95. The summed E-state index contributed by atoms with van der Waals surface area (Å²) in [6.45, 7) is 0. The fourth-order valence-electron chi connectivity index (χ4n) is 0.698. The summed E-state index contributed by atoms with van der Waals surface area (Å²) < 4.78 is 1.39. The van der Waals surface area contributed by atoms with Crippen LogP contribution in [0.2, 0.25) is 0 Å². The molecule has 0 fully saturated rings. The summed E-state index contributed by atoms with van der Waals surface area (Å²) in [6, 6.07) is 1.27. The quantitative estimate of drug-likeness (QED) is 0.590. The fraction of sp³-hybridized carbons (Fsp3) is 0. The number of rotatable bonds is 1. The molecule has 0 unspecified atom stereocenters. The van der Waals surface area contributed by atoms with Crippen LogP contribution in [0.4, 0.5) is 0 Å². The molecule has 0 aliphatic heterocycles. The van der Waals surface area contributed by atoms with Crippen LogP contribution in [0.5, 0.6) is 6.01 Å². The Morgan fingerprint density at radius 2 is 1.92 bits per heavy atom. The third kappa shape index (κ3) is 1.07. The van der Waals surface area contributed by atoms with Gasteiger partial charge >= 0.3 is 6.01 Å². The zero-order valence-electron chi connectivity index (χ0n) is 5.86. The van der Waals surface area contributed by atoms with Crippen molar-refractivity contribution in [2.75, 3.05) is 0 Å². The first-order chi connectivity index (χ1) is 5.86. The highest BCUT2D eigenvalue weighted by Crippen LogP contribution is 1.96. The summed E-state index contributed by atoms with van der Waals surface area (Å²) in [7, 11) is 0. The van der Waals surface area contributed by atoms with E-state index in [9.17, 15) is 0 Å². The third-order valence-corrected chi connectivity index (χ3v) is 1.17. The third-order valence-electron chi connectivity index (χ3n) is 1.17. The van der Waals surface area contributed by atoms with Crippen LogP contribution in [-0.4, -0.2) is 35.3 Å². The Morgan fingerprint density at radius 1 is 1.17 bits per heavy atom. The topological polar surface area (TPSA) is 89.6 Å². The summed E-state index contributed by atoms with van der Waals surface area (Å²) in [5, 5.41) is 26.2. The van der Waals surface area contributed by atoms with E-state index in [4.69, 9.17) is 5.11 Å². The fourth-order valence-corrected chi connectivity index (χ4v) is 0.698. The minimum Gasteiger partial charge on any atom is -0.477 e. The Balaban J connectivity index is 2.43. The average Bonchev–Trinajstić information content (AvgIpc) is 2.58. The summed E-state index contributed by atoms with van der Waals surface area (Å²) in [5.74, 6) is 0.220. The van der Waals surface area contributed by atoms with Crippen LogP contribution in [0.3, 0.4) is 0 Å². The molecule has 0 spiro atoms. The maximum absolute atomic E-state index is 8.68. The van der Waals surface area contributed by atoms with Gasteiger partial charge < -0.3 is 5.11 Å². The molecule has 0 bridgehead atoms. The van der Waals surface area contributed by atoms with Gasteiger partial charge in [-0.3, -0.25) is 0 Å². The van der Waals surface area contributed by atoms with Gasteiger partial charge in [0.2, 0.25) is 0 Å². The van der Waals surface area contributed by atoms with E-state index in [2.05, 4.69) is 25.5 Å². The molecule has 0 atom stereocenters. The van der Waals surface area contributed by atoms with Gasteiger partial charge in [-0.1, -0.05) is 10.2 Å². The van der Waals surface area contributed by atoms with Gasteiger partial charge in [0.15, 0.2) is 0 Å². The molecule has 2 aromatic rings. The molecule has 0 aliphatic carbocycles. The molecule has 2 rings (SSSR count). The second-order valence-corrected chi connectivity index (χ2v) is 1.95. The van der Waals surface area contributed by atoms with Crippen molar-refractivity contribution in [3.8, 4) is 12.0 Å². The SMILES string of the molecule is Oc1nnc(-n2cccn2)nn1. The number of nitrogens with zero attached hydrogens (tertiary/aromatic N) is 6. The van der Waals surface area contributed by atoms with Crippen molar-refractivity contribution in [2.45, 2.75) is 0 Å². The molecule has 60 valence electrons. The molecule has 2 heterocycles. The van der Waals surface area contributed by atoms with Gasteiger partial charge in [-0.2, -0.15) is 5.10 Å². The van der Waals surface area contributed by atoms with Crippen LogP contribution >= 0.6 is 0 Å². The van der Waals surface area contributed by atoms with Crippen LogP contribution in [0.15, 0.2) is 18.5 Å². The predicted octanol–water partition coefficient (Wildman–Crippen LogP) is -0.842. The smallest absolute Gasteiger partial charge is 0.352 e. The molecule has 0 radical (unpaired) electrons. The molecule has 7 nitrogen and oxygen atoms in total. The van der Waals surface area contributed by atoms with Crippen LogP contribution < -0.4 is 0 Å². The molecule has 12 heavy (non-hydrogen) atoms. The van der Waals surface area contributed by atoms with Crippen LogP contribution in [-0.2, 0) is 0 Å². The highest BCUT2D eigenvalue weighted by Gasteiger charge is 2.00. The Hall–Kier alpha value is -2.05. The van der Waals surface area contributed by atoms with Gasteiger partial charge in [-0.15, -0.1) is 10.2 Å². The lowest BCUT2D eigenvalue weighted by atomic mass is 10.7. The summed E-state index contributed by atoms with van der Waals surface area (Å²) in [4.78, 5) is 0. The van der Waals surface area contributed by atoms with E-state index in [1.807, 2.05) is 0 Å². The second kappa shape index (κ2) is 2.53. The molecule has 0 saturated heterocycles. The standard InChI is InChI=1S/C5H4N6O/c12-5-9-7-4(8-10-5)11-3-1-2-6-11/h1-3H,(H,9,10,12). The van der Waals surface area contributed by atoms with Crippen molar-refractivity contribution in [3.63, 3.8) is 0 Å². The predicted molar refractivity (Wildman–Crippen MR) is 36.4 cm³/mol. The molecule has 0 aliphatic rings. The monoisotopic (exact) mass is 164 g/mol. The highest BCUT2D eigenvalue weighted by atomic mass is 16.3. The number of hydrogen-bond donors (Lipinski definition) is 1. The van der Waals surface area contributed by atoms with Gasteiger partial charge in [0, 0.05) is 12.4 Å². The molecule has 7 heteroatoms. The number of aromatic nitrogens is 6. The van der Waals surface area contributed by atoms with E-state index < -0.39 is 6.01 Å². The lowest BCUT2D eigenvalue weighted by Crippen LogP contribution is -2.04. The van der Waals surface area contributed by atoms with Crippen LogP contribution in [0.1, 0.15) is 0 Å². The van der Waals surface area contributed by atoms with Crippen molar-refractivity contribution in [2.24, 2.45) is 0 Å². The summed E-state index contributed by atoms with van der Waals surface area (Å²) in [5.41, 5.74) is 0. The van der Waals surface area contributed by atoms with Gasteiger partial charge in [0.1, 0.15) is 0 Å². The van der Waals surface area contributed by atoms with E-state index in [0.717, 1.165) is 0 Å². The summed E-state index contributed by atoms with van der Waals surface area (Å²) >= 11 is 0. The molecule has 0 aromatic carbocycles. The minimum absolute atomic E-state index is 0.220. The molecule has 0 amide bonds. The van der Waals surface area contributed by atoms with Gasteiger partial charge in [0.25, 0.3) is 5.95 Å². The maximum Gasteiger partial charge on any atom is 0.352 e. The molecular weight excluding hydrogens is 160 g/mol. The van der Waals surface area contributed by atoms with Crippen LogP contribution in [0, 0.1) is 0 Å². The van der Waals surface area contributed by atoms with Gasteiger partial charge in [0.05, 0.1) is 0 Å². The average molecular weight is 164 g/mol. The molecule has 2 aromatic heterocycles. The Kier molecular flexibility index (Phi) is 1.40.